The van der Waals surface area contributed by atoms with Gasteiger partial charge in [0.25, 0.3) is 0 Å². The molecule has 0 spiro atoms. The van der Waals surface area contributed by atoms with Crippen molar-refractivity contribution in [3.63, 3.8) is 0 Å². The third-order valence-corrected chi connectivity index (χ3v) is 6.38. The Hall–Kier alpha value is 0.390. The van der Waals surface area contributed by atoms with E-state index in [1.807, 2.05) is 0 Å². The number of hydrogen-bond donors (Lipinski definition) is 1. The first-order valence-corrected chi connectivity index (χ1v) is 8.30. The van der Waals surface area contributed by atoms with Gasteiger partial charge in [-0.3, -0.25) is 4.90 Å². The first kappa shape index (κ1) is 14.8. The second-order valence-electron chi connectivity index (χ2n) is 5.72. The Kier molecular flexibility index (Phi) is 4.76. The molecule has 0 amide bonds. The summed E-state index contributed by atoms with van der Waals surface area (Å²) < 4.78 is 1.81. The molecule has 2 rings (SSSR count). The zero-order valence-electron chi connectivity index (χ0n) is 10.9. The summed E-state index contributed by atoms with van der Waals surface area (Å²) in [6, 6.07) is 2.43. The molecule has 18 heavy (non-hydrogen) atoms. The molecule has 1 aliphatic heterocycles. The topological polar surface area (TPSA) is 29.3 Å². The van der Waals surface area contributed by atoms with E-state index in [1.165, 1.54) is 17.7 Å². The highest BCUT2D eigenvalue weighted by Gasteiger charge is 2.30. The molecule has 1 saturated heterocycles. The highest BCUT2D eigenvalue weighted by Crippen LogP contribution is 2.39. The number of hydrogen-bond acceptors (Lipinski definition) is 3. The maximum atomic E-state index is 6.13. The lowest BCUT2D eigenvalue weighted by Gasteiger charge is -2.40. The summed E-state index contributed by atoms with van der Waals surface area (Å²) >= 11 is 11.2. The Bertz CT molecular complexity index is 390. The Morgan fingerprint density at radius 3 is 2.56 bits per heavy atom. The van der Waals surface area contributed by atoms with Crippen molar-refractivity contribution in [3.8, 4) is 0 Å². The highest BCUT2D eigenvalue weighted by atomic mass is 79.9. The normalized spacial score (nSPS) is 22.1. The molecule has 2 N–H and O–H groups in total. The van der Waals surface area contributed by atoms with E-state index in [4.69, 9.17) is 17.3 Å². The second-order valence-corrected chi connectivity index (χ2v) is 8.26. The van der Waals surface area contributed by atoms with Gasteiger partial charge in [0, 0.05) is 15.9 Å². The molecule has 5 heteroatoms. The van der Waals surface area contributed by atoms with E-state index in [9.17, 15) is 0 Å². The van der Waals surface area contributed by atoms with Crippen molar-refractivity contribution in [1.29, 1.82) is 0 Å². The van der Waals surface area contributed by atoms with Gasteiger partial charge < -0.3 is 5.73 Å². The summed E-state index contributed by atoms with van der Waals surface area (Å²) in [6.07, 6.45) is 2.48. The molecule has 1 aliphatic rings. The maximum absolute atomic E-state index is 6.13. The maximum Gasteiger partial charge on any atom is 0.107 e. The minimum Gasteiger partial charge on any atom is -0.329 e. The largest absolute Gasteiger partial charge is 0.329 e. The van der Waals surface area contributed by atoms with Crippen molar-refractivity contribution in [3.05, 3.63) is 19.8 Å². The van der Waals surface area contributed by atoms with E-state index >= 15 is 0 Å². The van der Waals surface area contributed by atoms with Crippen LogP contribution in [0.15, 0.2) is 10.5 Å². The van der Waals surface area contributed by atoms with Crippen LogP contribution in [0.3, 0.4) is 0 Å². The third kappa shape index (κ3) is 3.28. The zero-order valence-corrected chi connectivity index (χ0v) is 14.0. The van der Waals surface area contributed by atoms with E-state index < -0.39 is 0 Å². The van der Waals surface area contributed by atoms with Crippen LogP contribution in [0.1, 0.15) is 37.6 Å². The summed E-state index contributed by atoms with van der Waals surface area (Å²) in [5.41, 5.74) is 6.44. The highest BCUT2D eigenvalue weighted by molar-refractivity contribution is 9.10. The molecule has 0 saturated carbocycles. The lowest BCUT2D eigenvalue weighted by molar-refractivity contribution is 0.0977. The average molecular weight is 352 g/mol. The fourth-order valence-corrected chi connectivity index (χ4v) is 4.30. The van der Waals surface area contributed by atoms with Gasteiger partial charge in [0.15, 0.2) is 0 Å². The van der Waals surface area contributed by atoms with Crippen molar-refractivity contribution in [1.82, 2.24) is 4.90 Å². The van der Waals surface area contributed by atoms with Gasteiger partial charge in [0.05, 0.1) is 6.04 Å². The molecule has 2 nitrogen and oxygen atoms in total. The Labute approximate surface area is 127 Å². The molecule has 0 aliphatic carbocycles. The first-order valence-electron chi connectivity index (χ1n) is 6.32. The summed E-state index contributed by atoms with van der Waals surface area (Å²) in [5, 5.41) is 0. The van der Waals surface area contributed by atoms with E-state index in [0.717, 1.165) is 21.9 Å². The molecule has 0 bridgehead atoms. The SMILES string of the molecule is CC1(C)CCN(C(CN)c2cc(Br)c(Cl)s2)CC1. The minimum absolute atomic E-state index is 0.315. The van der Waals surface area contributed by atoms with Gasteiger partial charge in [-0.1, -0.05) is 25.4 Å². The van der Waals surface area contributed by atoms with Crippen LogP contribution in [0, 0.1) is 5.41 Å². The molecule has 1 unspecified atom stereocenters. The lowest BCUT2D eigenvalue weighted by atomic mass is 9.82. The fourth-order valence-electron chi connectivity index (χ4n) is 2.41. The van der Waals surface area contributed by atoms with Crippen molar-refractivity contribution in [2.75, 3.05) is 19.6 Å². The van der Waals surface area contributed by atoms with E-state index in [0.29, 0.717) is 18.0 Å². The fraction of sp³-hybridized carbons (Fsp3) is 0.692. The van der Waals surface area contributed by atoms with Crippen molar-refractivity contribution < 1.29 is 0 Å². The van der Waals surface area contributed by atoms with Gasteiger partial charge >= 0.3 is 0 Å². The Morgan fingerprint density at radius 1 is 1.50 bits per heavy atom. The first-order chi connectivity index (χ1) is 8.43. The Morgan fingerprint density at radius 2 is 2.11 bits per heavy atom. The molecule has 1 atom stereocenters. The number of thiophene rings is 1. The number of nitrogens with two attached hydrogens (primary N) is 1. The molecule has 1 aromatic rings. The van der Waals surface area contributed by atoms with Crippen LogP contribution in [-0.4, -0.2) is 24.5 Å². The molecular weight excluding hydrogens is 332 g/mol. The van der Waals surface area contributed by atoms with Gasteiger partial charge in [-0.2, -0.15) is 0 Å². The number of halogens is 2. The lowest BCUT2D eigenvalue weighted by Crippen LogP contribution is -2.41. The summed E-state index contributed by atoms with van der Waals surface area (Å²) in [5.74, 6) is 0. The van der Waals surface area contributed by atoms with Crippen LogP contribution in [0.25, 0.3) is 0 Å². The molecule has 1 aromatic heterocycles. The number of piperidine rings is 1. The van der Waals surface area contributed by atoms with Gasteiger partial charge in [-0.25, -0.2) is 0 Å². The number of nitrogens with zero attached hydrogens (tertiary/aromatic N) is 1. The van der Waals surface area contributed by atoms with Crippen LogP contribution in [0.5, 0.6) is 0 Å². The van der Waals surface area contributed by atoms with Crippen LogP contribution >= 0.6 is 38.9 Å². The summed E-state index contributed by atoms with van der Waals surface area (Å²) in [6.45, 7) is 7.61. The van der Waals surface area contributed by atoms with Crippen molar-refractivity contribution in [2.24, 2.45) is 11.1 Å². The summed E-state index contributed by atoms with van der Waals surface area (Å²) in [7, 11) is 0. The Balaban J connectivity index is 2.10. The smallest absolute Gasteiger partial charge is 0.107 e. The minimum atomic E-state index is 0.315. The quantitative estimate of drug-likeness (QED) is 0.880. The molecule has 2 heterocycles. The van der Waals surface area contributed by atoms with Gasteiger partial charge in [-0.15, -0.1) is 11.3 Å². The average Bonchev–Trinajstić information content (AvgIpc) is 2.62. The van der Waals surface area contributed by atoms with E-state index in [2.05, 4.69) is 40.7 Å². The van der Waals surface area contributed by atoms with Crippen LogP contribution in [0.2, 0.25) is 4.34 Å². The standard InChI is InChI=1S/C13H20BrClN2S/c1-13(2)3-5-17(6-4-13)10(8-16)11-7-9(14)12(15)18-11/h7,10H,3-6,8,16H2,1-2H3. The summed E-state index contributed by atoms with van der Waals surface area (Å²) in [4.78, 5) is 3.77. The van der Waals surface area contributed by atoms with E-state index in [-0.39, 0.29) is 0 Å². The third-order valence-electron chi connectivity index (χ3n) is 3.81. The van der Waals surface area contributed by atoms with Gasteiger partial charge in [0.2, 0.25) is 0 Å². The number of rotatable bonds is 3. The second kappa shape index (κ2) is 5.80. The van der Waals surface area contributed by atoms with Crippen LogP contribution < -0.4 is 5.73 Å². The van der Waals surface area contributed by atoms with Crippen molar-refractivity contribution in [2.45, 2.75) is 32.7 Å². The van der Waals surface area contributed by atoms with E-state index in [1.54, 1.807) is 11.3 Å². The monoisotopic (exact) mass is 350 g/mol. The van der Waals surface area contributed by atoms with Crippen molar-refractivity contribution >= 4 is 38.9 Å². The van der Waals surface area contributed by atoms with Crippen LogP contribution in [-0.2, 0) is 0 Å². The number of likely N-dealkylation sites (tertiary alicyclic amines) is 1. The molecule has 102 valence electrons. The zero-order chi connectivity index (χ0) is 13.3. The molecule has 1 fully saturated rings. The molecule has 0 aromatic carbocycles. The van der Waals surface area contributed by atoms with Gasteiger partial charge in [0.1, 0.15) is 4.34 Å². The predicted molar refractivity (Wildman–Crippen MR) is 83.4 cm³/mol. The van der Waals surface area contributed by atoms with Gasteiger partial charge in [-0.05, 0) is 53.3 Å². The predicted octanol–water partition coefficient (Wildman–Crippen LogP) is 4.29. The van der Waals surface area contributed by atoms with Crippen LogP contribution in [0.4, 0.5) is 0 Å². The molecular formula is C13H20BrClN2S. The molecule has 0 radical (unpaired) electrons.